The number of hydrogen-bond donors (Lipinski definition) is 2. The van der Waals surface area contributed by atoms with Crippen molar-refractivity contribution >= 4 is 10.9 Å². The molecule has 3 aromatic rings. The second-order valence-corrected chi connectivity index (χ2v) is 4.55. The summed E-state index contributed by atoms with van der Waals surface area (Å²) in [6, 6.07) is 9.26. The number of phenols is 1. The average Bonchev–Trinajstić information content (AvgIpc) is 2.41. The average molecular weight is 270 g/mol. The zero-order valence-corrected chi connectivity index (χ0v) is 10.6. The van der Waals surface area contributed by atoms with Gasteiger partial charge in [-0.15, -0.1) is 0 Å². The second-order valence-electron chi connectivity index (χ2n) is 4.55. The molecule has 0 radical (unpaired) electrons. The lowest BCUT2D eigenvalue weighted by Gasteiger charge is -2.05. The minimum Gasteiger partial charge on any atom is -0.505 e. The smallest absolute Gasteiger partial charge is 0.258 e. The first-order valence-corrected chi connectivity index (χ1v) is 6.04. The van der Waals surface area contributed by atoms with Crippen LogP contribution in [0.3, 0.4) is 0 Å². The quantitative estimate of drug-likeness (QED) is 0.714. The van der Waals surface area contributed by atoms with E-state index in [-0.39, 0.29) is 11.3 Å². The molecule has 20 heavy (non-hydrogen) atoms. The summed E-state index contributed by atoms with van der Waals surface area (Å²) in [4.78, 5) is 18.7. The van der Waals surface area contributed by atoms with Gasteiger partial charge in [-0.1, -0.05) is 12.1 Å². The van der Waals surface area contributed by atoms with Gasteiger partial charge >= 0.3 is 0 Å². The van der Waals surface area contributed by atoms with E-state index in [0.29, 0.717) is 22.3 Å². The SMILES string of the molecule is Cc1nc2cc(-c3ccc(O)c(F)c3)ccc2c(=O)[nH]1. The number of H-pyrrole nitrogens is 1. The third kappa shape index (κ3) is 2.03. The molecule has 5 heteroatoms. The Labute approximate surface area is 113 Å². The summed E-state index contributed by atoms with van der Waals surface area (Å²) >= 11 is 0. The largest absolute Gasteiger partial charge is 0.505 e. The zero-order chi connectivity index (χ0) is 14.3. The first-order valence-electron chi connectivity index (χ1n) is 6.04. The van der Waals surface area contributed by atoms with Crippen LogP contribution in [0.5, 0.6) is 5.75 Å². The lowest BCUT2D eigenvalue weighted by atomic mass is 10.0. The number of aromatic hydroxyl groups is 1. The summed E-state index contributed by atoms with van der Waals surface area (Å²) in [5.41, 5.74) is 1.70. The maximum atomic E-state index is 13.4. The molecule has 0 aliphatic carbocycles. The molecule has 0 spiro atoms. The minimum atomic E-state index is -0.683. The first kappa shape index (κ1) is 12.3. The summed E-state index contributed by atoms with van der Waals surface area (Å²) in [5, 5.41) is 9.69. The Hall–Kier alpha value is -2.69. The topological polar surface area (TPSA) is 66.0 Å². The number of hydrogen-bond acceptors (Lipinski definition) is 3. The third-order valence-electron chi connectivity index (χ3n) is 3.11. The second kappa shape index (κ2) is 4.45. The fraction of sp³-hybridized carbons (Fsp3) is 0.0667. The van der Waals surface area contributed by atoms with Gasteiger partial charge < -0.3 is 10.1 Å². The van der Waals surface area contributed by atoms with Crippen molar-refractivity contribution in [3.05, 3.63) is 58.4 Å². The highest BCUT2D eigenvalue weighted by atomic mass is 19.1. The molecule has 100 valence electrons. The van der Waals surface area contributed by atoms with Gasteiger partial charge in [-0.2, -0.15) is 0 Å². The van der Waals surface area contributed by atoms with Crippen LogP contribution < -0.4 is 5.56 Å². The van der Waals surface area contributed by atoms with Gasteiger partial charge in [0, 0.05) is 0 Å². The van der Waals surface area contributed by atoms with Crippen LogP contribution in [-0.4, -0.2) is 15.1 Å². The number of rotatable bonds is 1. The molecule has 4 nitrogen and oxygen atoms in total. The van der Waals surface area contributed by atoms with Crippen LogP contribution >= 0.6 is 0 Å². The fourth-order valence-electron chi connectivity index (χ4n) is 2.12. The molecule has 0 bridgehead atoms. The van der Waals surface area contributed by atoms with Gasteiger partial charge in [-0.05, 0) is 42.3 Å². The van der Waals surface area contributed by atoms with E-state index in [9.17, 15) is 14.3 Å². The molecule has 0 saturated heterocycles. The van der Waals surface area contributed by atoms with Crippen molar-refractivity contribution in [1.29, 1.82) is 0 Å². The maximum Gasteiger partial charge on any atom is 0.258 e. The normalized spacial score (nSPS) is 10.9. The molecule has 0 atom stereocenters. The van der Waals surface area contributed by atoms with Gasteiger partial charge in [0.15, 0.2) is 11.6 Å². The molecule has 0 unspecified atom stereocenters. The van der Waals surface area contributed by atoms with Crippen LogP contribution in [0, 0.1) is 12.7 Å². The number of aromatic amines is 1. The van der Waals surface area contributed by atoms with Gasteiger partial charge in [-0.3, -0.25) is 4.79 Å². The maximum absolute atomic E-state index is 13.4. The van der Waals surface area contributed by atoms with E-state index < -0.39 is 5.82 Å². The predicted molar refractivity (Wildman–Crippen MR) is 74.2 cm³/mol. The number of nitrogens with one attached hydrogen (secondary N) is 1. The van der Waals surface area contributed by atoms with Crippen LogP contribution in [0.1, 0.15) is 5.82 Å². The fourth-order valence-corrected chi connectivity index (χ4v) is 2.12. The Bertz CT molecular complexity index is 871. The highest BCUT2D eigenvalue weighted by Crippen LogP contribution is 2.26. The van der Waals surface area contributed by atoms with Gasteiger partial charge in [-0.25, -0.2) is 9.37 Å². The number of fused-ring (bicyclic) bond motifs is 1. The van der Waals surface area contributed by atoms with Crippen molar-refractivity contribution in [2.24, 2.45) is 0 Å². The summed E-state index contributed by atoms with van der Waals surface area (Å²) in [7, 11) is 0. The number of aryl methyl sites for hydroxylation is 1. The Kier molecular flexibility index (Phi) is 2.75. The zero-order valence-electron chi connectivity index (χ0n) is 10.6. The molecule has 1 heterocycles. The lowest BCUT2D eigenvalue weighted by molar-refractivity contribution is 0.432. The monoisotopic (exact) mass is 270 g/mol. The number of aromatic nitrogens is 2. The van der Waals surface area contributed by atoms with Crippen molar-refractivity contribution in [2.45, 2.75) is 6.92 Å². The van der Waals surface area contributed by atoms with E-state index in [1.54, 1.807) is 31.2 Å². The van der Waals surface area contributed by atoms with Crippen molar-refractivity contribution in [3.63, 3.8) is 0 Å². The van der Waals surface area contributed by atoms with Gasteiger partial charge in [0.25, 0.3) is 5.56 Å². The molecule has 0 aliphatic heterocycles. The van der Waals surface area contributed by atoms with Gasteiger partial charge in [0.05, 0.1) is 10.9 Å². The summed E-state index contributed by atoms with van der Waals surface area (Å²) in [6.07, 6.45) is 0. The summed E-state index contributed by atoms with van der Waals surface area (Å²) in [5.74, 6) is -0.547. The van der Waals surface area contributed by atoms with Crippen LogP contribution in [0.15, 0.2) is 41.2 Å². The molecular formula is C15H11FN2O2. The Morgan fingerprint density at radius 3 is 2.60 bits per heavy atom. The first-order chi connectivity index (χ1) is 9.54. The van der Waals surface area contributed by atoms with Crippen molar-refractivity contribution in [1.82, 2.24) is 9.97 Å². The predicted octanol–water partition coefficient (Wildman–Crippen LogP) is 2.74. The molecule has 2 N–H and O–H groups in total. The van der Waals surface area contributed by atoms with Crippen molar-refractivity contribution in [2.75, 3.05) is 0 Å². The molecular weight excluding hydrogens is 259 g/mol. The lowest BCUT2D eigenvalue weighted by Crippen LogP contribution is -2.09. The van der Waals surface area contributed by atoms with Crippen LogP contribution in [0.25, 0.3) is 22.0 Å². The molecule has 0 saturated carbocycles. The van der Waals surface area contributed by atoms with E-state index in [4.69, 9.17) is 0 Å². The molecule has 2 aromatic carbocycles. The Morgan fingerprint density at radius 1 is 1.15 bits per heavy atom. The van der Waals surface area contributed by atoms with Crippen LogP contribution in [0.4, 0.5) is 4.39 Å². The van der Waals surface area contributed by atoms with E-state index in [0.717, 1.165) is 5.56 Å². The van der Waals surface area contributed by atoms with Gasteiger partial charge in [0.2, 0.25) is 0 Å². The highest BCUT2D eigenvalue weighted by molar-refractivity contribution is 5.83. The number of benzene rings is 2. The number of nitrogens with zero attached hydrogens (tertiary/aromatic N) is 1. The standard InChI is InChI=1S/C15H11FN2O2/c1-8-17-13-7-10(2-4-11(13)15(20)18-8)9-3-5-14(19)12(16)6-9/h2-7,19H,1H3,(H,17,18,20). The van der Waals surface area contributed by atoms with E-state index in [1.165, 1.54) is 12.1 Å². The molecule has 0 fully saturated rings. The number of halogens is 1. The molecule has 0 aliphatic rings. The summed E-state index contributed by atoms with van der Waals surface area (Å²) in [6.45, 7) is 1.70. The van der Waals surface area contributed by atoms with Crippen LogP contribution in [0.2, 0.25) is 0 Å². The Morgan fingerprint density at radius 2 is 1.85 bits per heavy atom. The number of phenolic OH excluding ortho intramolecular Hbond substituents is 1. The van der Waals surface area contributed by atoms with Crippen LogP contribution in [-0.2, 0) is 0 Å². The van der Waals surface area contributed by atoms with Gasteiger partial charge in [0.1, 0.15) is 5.82 Å². The molecule has 1 aromatic heterocycles. The highest BCUT2D eigenvalue weighted by Gasteiger charge is 2.07. The third-order valence-corrected chi connectivity index (χ3v) is 3.11. The van der Waals surface area contributed by atoms with E-state index in [2.05, 4.69) is 9.97 Å². The van der Waals surface area contributed by atoms with Crippen molar-refractivity contribution in [3.8, 4) is 16.9 Å². The molecule has 0 amide bonds. The molecule has 3 rings (SSSR count). The Balaban J connectivity index is 2.22. The summed E-state index contributed by atoms with van der Waals surface area (Å²) < 4.78 is 13.4. The van der Waals surface area contributed by atoms with E-state index in [1.807, 2.05) is 0 Å². The van der Waals surface area contributed by atoms with E-state index >= 15 is 0 Å². The minimum absolute atomic E-state index is 0.198. The van der Waals surface area contributed by atoms with Crippen molar-refractivity contribution < 1.29 is 9.50 Å².